The van der Waals surface area contributed by atoms with E-state index >= 15 is 0 Å². The van der Waals surface area contributed by atoms with Crippen LogP contribution in [0.5, 0.6) is 0 Å². The fraction of sp³-hybridized carbons (Fsp3) is 0.333. The van der Waals surface area contributed by atoms with Gasteiger partial charge in [-0.15, -0.1) is 0 Å². The van der Waals surface area contributed by atoms with E-state index in [1.165, 1.54) is 5.56 Å². The van der Waals surface area contributed by atoms with Crippen LogP contribution < -0.4 is 0 Å². The largest absolute Gasteiger partial charge is 0.463 e. The molecule has 0 saturated heterocycles. The van der Waals surface area contributed by atoms with Gasteiger partial charge in [0.25, 0.3) is 0 Å². The number of benzene rings is 1. The molecule has 1 aromatic rings. The number of allylic oxidation sites excluding steroid dienone is 2. The Hall–Kier alpha value is -2.16. The van der Waals surface area contributed by atoms with Gasteiger partial charge < -0.3 is 4.74 Å². The summed E-state index contributed by atoms with van der Waals surface area (Å²) in [7, 11) is 0. The van der Waals surface area contributed by atoms with Gasteiger partial charge in [0, 0.05) is 17.6 Å². The van der Waals surface area contributed by atoms with Gasteiger partial charge in [0.15, 0.2) is 5.78 Å². The molecule has 0 amide bonds. The maximum atomic E-state index is 12.1. The van der Waals surface area contributed by atoms with Gasteiger partial charge in [0.1, 0.15) is 0 Å². The first kappa shape index (κ1) is 15.2. The third-order valence-corrected chi connectivity index (χ3v) is 3.67. The van der Waals surface area contributed by atoms with Crippen LogP contribution in [-0.2, 0) is 14.3 Å². The van der Waals surface area contributed by atoms with Gasteiger partial charge in [-0.1, -0.05) is 29.8 Å². The molecule has 0 N–H and O–H groups in total. The number of rotatable bonds is 3. The number of carbonyl (C=O) groups is 2. The second-order valence-electron chi connectivity index (χ2n) is 5.22. The molecule has 1 aromatic carbocycles. The van der Waals surface area contributed by atoms with E-state index in [1.54, 1.807) is 6.92 Å². The molecule has 0 heterocycles. The molecule has 0 radical (unpaired) electrons. The fourth-order valence-corrected chi connectivity index (χ4v) is 2.42. The highest BCUT2D eigenvalue weighted by Gasteiger charge is 2.25. The number of hydrogen-bond donors (Lipinski definition) is 0. The minimum absolute atomic E-state index is 0.0844. The van der Waals surface area contributed by atoms with E-state index in [0.29, 0.717) is 30.6 Å². The van der Waals surface area contributed by atoms with Gasteiger partial charge in [0.05, 0.1) is 6.61 Å². The summed E-state index contributed by atoms with van der Waals surface area (Å²) < 4.78 is 5.07. The predicted molar refractivity (Wildman–Crippen MR) is 82.7 cm³/mol. The Morgan fingerprint density at radius 2 is 1.86 bits per heavy atom. The molecule has 2 rings (SSSR count). The number of esters is 1. The summed E-state index contributed by atoms with van der Waals surface area (Å²) >= 11 is 0. The van der Waals surface area contributed by atoms with Gasteiger partial charge in [-0.2, -0.15) is 0 Å². The molecule has 0 unspecified atom stereocenters. The Kier molecular flexibility index (Phi) is 4.73. The topological polar surface area (TPSA) is 43.4 Å². The predicted octanol–water partition coefficient (Wildman–Crippen LogP) is 3.62. The van der Waals surface area contributed by atoms with E-state index < -0.39 is 0 Å². The Morgan fingerprint density at radius 3 is 2.48 bits per heavy atom. The molecule has 0 spiro atoms. The molecule has 0 atom stereocenters. The van der Waals surface area contributed by atoms with Gasteiger partial charge in [-0.3, -0.25) is 4.79 Å². The molecule has 1 aliphatic rings. The van der Waals surface area contributed by atoms with E-state index in [0.717, 1.165) is 11.1 Å². The first-order chi connectivity index (χ1) is 10.0. The Morgan fingerprint density at radius 1 is 1.19 bits per heavy atom. The highest BCUT2D eigenvalue weighted by Crippen LogP contribution is 2.29. The lowest BCUT2D eigenvalue weighted by molar-refractivity contribution is -0.138. The number of ether oxygens (including phenoxy) is 1. The number of ketones is 1. The summed E-state index contributed by atoms with van der Waals surface area (Å²) in [6.45, 7) is 5.97. The van der Waals surface area contributed by atoms with Crippen molar-refractivity contribution in [2.24, 2.45) is 0 Å². The van der Waals surface area contributed by atoms with Crippen LogP contribution in [0.15, 0.2) is 41.0 Å². The summed E-state index contributed by atoms with van der Waals surface area (Å²) in [5.74, 6) is -0.224. The summed E-state index contributed by atoms with van der Waals surface area (Å²) in [6.07, 6.45) is 2.69. The molecule has 0 bridgehead atoms. The van der Waals surface area contributed by atoms with Crippen molar-refractivity contribution in [2.75, 3.05) is 6.61 Å². The van der Waals surface area contributed by atoms with E-state index in [1.807, 2.05) is 44.2 Å². The molecule has 110 valence electrons. The molecule has 3 nitrogen and oxygen atoms in total. The maximum absolute atomic E-state index is 12.1. The number of carbonyl (C=O) groups excluding carboxylic acids is 2. The van der Waals surface area contributed by atoms with Crippen LogP contribution in [0, 0.1) is 6.92 Å². The van der Waals surface area contributed by atoms with Crippen LogP contribution in [0.3, 0.4) is 0 Å². The summed E-state index contributed by atoms with van der Waals surface area (Å²) in [5.41, 5.74) is 4.12. The first-order valence-electron chi connectivity index (χ1n) is 7.21. The van der Waals surface area contributed by atoms with E-state index in [-0.39, 0.29) is 11.8 Å². The van der Waals surface area contributed by atoms with Crippen LogP contribution in [0.1, 0.15) is 37.8 Å². The van der Waals surface area contributed by atoms with Crippen molar-refractivity contribution in [3.63, 3.8) is 0 Å². The lowest BCUT2D eigenvalue weighted by Crippen LogP contribution is -2.18. The SMILES string of the molecule is CCOC(=O)C1=C(C)/C(=C\c2ccc(C)cc2)C(=O)CC1. The van der Waals surface area contributed by atoms with E-state index in [9.17, 15) is 9.59 Å². The lowest BCUT2D eigenvalue weighted by atomic mass is 9.86. The van der Waals surface area contributed by atoms with Crippen molar-refractivity contribution >= 4 is 17.8 Å². The summed E-state index contributed by atoms with van der Waals surface area (Å²) in [6, 6.07) is 7.96. The van der Waals surface area contributed by atoms with Crippen LogP contribution in [0.25, 0.3) is 6.08 Å². The monoisotopic (exact) mass is 284 g/mol. The third kappa shape index (κ3) is 3.48. The van der Waals surface area contributed by atoms with Crippen LogP contribution in [-0.4, -0.2) is 18.4 Å². The summed E-state index contributed by atoms with van der Waals surface area (Å²) in [4.78, 5) is 24.1. The molecule has 0 saturated carbocycles. The van der Waals surface area contributed by atoms with Crippen LogP contribution in [0.2, 0.25) is 0 Å². The summed E-state index contributed by atoms with van der Waals surface area (Å²) in [5, 5.41) is 0. The molecule has 21 heavy (non-hydrogen) atoms. The van der Waals surface area contributed by atoms with Gasteiger partial charge >= 0.3 is 5.97 Å². The molecule has 0 aromatic heterocycles. The smallest absolute Gasteiger partial charge is 0.334 e. The van der Waals surface area contributed by atoms with Gasteiger partial charge in [-0.05, 0) is 44.4 Å². The number of hydrogen-bond acceptors (Lipinski definition) is 3. The standard InChI is InChI=1S/C18H20O3/c1-4-21-18(20)15-9-10-17(19)16(13(15)3)11-14-7-5-12(2)6-8-14/h5-8,11H,4,9-10H2,1-3H3/b16-11+. The minimum Gasteiger partial charge on any atom is -0.463 e. The molecular formula is C18H20O3. The van der Waals surface area contributed by atoms with Crippen molar-refractivity contribution < 1.29 is 14.3 Å². The average Bonchev–Trinajstić information content (AvgIpc) is 2.45. The highest BCUT2D eigenvalue weighted by atomic mass is 16.5. The fourth-order valence-electron chi connectivity index (χ4n) is 2.42. The maximum Gasteiger partial charge on any atom is 0.334 e. The number of Topliss-reactive ketones (excluding diaryl/α,β-unsaturated/α-hetero) is 1. The van der Waals surface area contributed by atoms with Crippen molar-refractivity contribution in [2.45, 2.75) is 33.6 Å². The first-order valence-corrected chi connectivity index (χ1v) is 7.21. The van der Waals surface area contributed by atoms with Crippen molar-refractivity contribution in [1.82, 2.24) is 0 Å². The van der Waals surface area contributed by atoms with Crippen LogP contribution in [0.4, 0.5) is 0 Å². The second-order valence-corrected chi connectivity index (χ2v) is 5.22. The zero-order valence-electron chi connectivity index (χ0n) is 12.7. The second kappa shape index (κ2) is 6.53. The van der Waals surface area contributed by atoms with E-state index in [4.69, 9.17) is 4.74 Å². The zero-order chi connectivity index (χ0) is 15.4. The lowest BCUT2D eigenvalue weighted by Gasteiger charge is -2.18. The third-order valence-electron chi connectivity index (χ3n) is 3.67. The molecule has 0 fully saturated rings. The van der Waals surface area contributed by atoms with Gasteiger partial charge in [-0.25, -0.2) is 4.79 Å². The molecular weight excluding hydrogens is 264 g/mol. The highest BCUT2D eigenvalue weighted by molar-refractivity contribution is 6.08. The normalized spacial score (nSPS) is 17.3. The van der Waals surface area contributed by atoms with Crippen molar-refractivity contribution in [3.8, 4) is 0 Å². The molecule has 3 heteroatoms. The Balaban J connectivity index is 2.39. The van der Waals surface area contributed by atoms with Gasteiger partial charge in [0.2, 0.25) is 0 Å². The quantitative estimate of drug-likeness (QED) is 0.629. The number of aryl methyl sites for hydroxylation is 1. The van der Waals surface area contributed by atoms with Crippen molar-refractivity contribution in [3.05, 3.63) is 52.1 Å². The average molecular weight is 284 g/mol. The minimum atomic E-state index is -0.308. The Bertz CT molecular complexity index is 618. The van der Waals surface area contributed by atoms with Crippen LogP contribution >= 0.6 is 0 Å². The molecule has 0 aliphatic heterocycles. The zero-order valence-corrected chi connectivity index (χ0v) is 12.7. The van der Waals surface area contributed by atoms with Crippen molar-refractivity contribution in [1.29, 1.82) is 0 Å². The van der Waals surface area contributed by atoms with E-state index in [2.05, 4.69) is 0 Å². The molecule has 1 aliphatic carbocycles. The Labute approximate surface area is 125 Å².